The van der Waals surface area contributed by atoms with E-state index in [2.05, 4.69) is 80.6 Å². The van der Waals surface area contributed by atoms with Crippen LogP contribution in [-0.4, -0.2) is 64.6 Å². The molecule has 258 valence electrons. The van der Waals surface area contributed by atoms with E-state index in [9.17, 15) is 9.59 Å². The summed E-state index contributed by atoms with van der Waals surface area (Å²) in [4.78, 5) is 55.6. The highest BCUT2D eigenvalue weighted by Gasteiger charge is 2.33. The Labute approximate surface area is 301 Å². The van der Waals surface area contributed by atoms with E-state index in [4.69, 9.17) is 9.97 Å². The van der Waals surface area contributed by atoms with Crippen molar-refractivity contribution in [2.75, 3.05) is 13.1 Å². The number of H-pyrrole nitrogens is 2. The van der Waals surface area contributed by atoms with Gasteiger partial charge in [-0.05, 0) is 95.5 Å². The van der Waals surface area contributed by atoms with Crippen molar-refractivity contribution in [1.29, 1.82) is 0 Å². The Bertz CT molecular complexity index is 2220. The average molecular weight is 687 g/mol. The number of nitrogens with zero attached hydrogens (tertiary/aromatic N) is 6. The zero-order chi connectivity index (χ0) is 35.0. The molecule has 0 aliphatic carbocycles. The maximum atomic E-state index is 13.2. The molecule has 10 nitrogen and oxygen atoms in total. The van der Waals surface area contributed by atoms with E-state index in [-0.39, 0.29) is 23.9 Å². The number of rotatable bonds is 8. The van der Waals surface area contributed by atoms with E-state index in [0.29, 0.717) is 12.8 Å². The molecule has 52 heavy (non-hydrogen) atoms. The fourth-order valence-corrected chi connectivity index (χ4v) is 7.85. The first-order valence-corrected chi connectivity index (χ1v) is 18.0. The van der Waals surface area contributed by atoms with Gasteiger partial charge in [-0.2, -0.15) is 0 Å². The Balaban J connectivity index is 0.902. The summed E-state index contributed by atoms with van der Waals surface area (Å²) in [6.45, 7) is 1.47. The molecule has 3 aromatic carbocycles. The van der Waals surface area contributed by atoms with Gasteiger partial charge in [0.25, 0.3) is 0 Å². The summed E-state index contributed by atoms with van der Waals surface area (Å²) in [5, 5.41) is 0. The number of fused-ring (bicyclic) bond motifs is 2. The number of carbonyl (C=O) groups excluding carboxylic acids is 2. The van der Waals surface area contributed by atoms with Crippen molar-refractivity contribution in [2.45, 2.75) is 50.6 Å². The summed E-state index contributed by atoms with van der Waals surface area (Å²) < 4.78 is 0. The van der Waals surface area contributed by atoms with Gasteiger partial charge in [0.2, 0.25) is 11.8 Å². The topological polar surface area (TPSA) is 124 Å². The number of amides is 2. The van der Waals surface area contributed by atoms with Crippen LogP contribution in [-0.2, 0) is 22.4 Å². The second-order valence-electron chi connectivity index (χ2n) is 13.9. The molecule has 7 aromatic rings. The molecule has 2 aliphatic heterocycles. The van der Waals surface area contributed by atoms with Crippen LogP contribution in [0.3, 0.4) is 0 Å². The van der Waals surface area contributed by atoms with E-state index in [1.165, 1.54) is 0 Å². The second kappa shape index (κ2) is 13.5. The quantitative estimate of drug-likeness (QED) is 0.172. The van der Waals surface area contributed by atoms with Crippen molar-refractivity contribution in [3.8, 4) is 22.3 Å². The molecule has 2 atom stereocenters. The number of hydrogen-bond donors (Lipinski definition) is 2. The summed E-state index contributed by atoms with van der Waals surface area (Å²) in [6.07, 6.45) is 11.4. The van der Waals surface area contributed by atoms with Crippen molar-refractivity contribution < 1.29 is 9.59 Å². The van der Waals surface area contributed by atoms with Crippen LogP contribution in [0.2, 0.25) is 0 Å². The number of likely N-dealkylation sites (tertiary alicyclic amines) is 2. The molecule has 0 spiro atoms. The van der Waals surface area contributed by atoms with Gasteiger partial charge >= 0.3 is 0 Å². The summed E-state index contributed by atoms with van der Waals surface area (Å²) in [7, 11) is 0. The Morgan fingerprint density at radius 1 is 0.596 bits per heavy atom. The number of pyridine rings is 2. The molecular weight excluding hydrogens is 649 g/mol. The van der Waals surface area contributed by atoms with Crippen molar-refractivity contribution in [3.05, 3.63) is 132 Å². The molecule has 2 N–H and O–H groups in total. The Kier molecular flexibility index (Phi) is 8.27. The highest BCUT2D eigenvalue weighted by molar-refractivity contribution is 5.85. The lowest BCUT2D eigenvalue weighted by molar-refractivity contribution is -0.132. The number of benzene rings is 3. The van der Waals surface area contributed by atoms with Gasteiger partial charge in [0.15, 0.2) is 0 Å². The molecule has 6 heterocycles. The lowest BCUT2D eigenvalue weighted by Gasteiger charge is -2.23. The molecule has 2 fully saturated rings. The fourth-order valence-electron chi connectivity index (χ4n) is 7.85. The molecule has 2 aliphatic rings. The Morgan fingerprint density at radius 2 is 1.04 bits per heavy atom. The van der Waals surface area contributed by atoms with Crippen LogP contribution in [0.25, 0.3) is 44.3 Å². The number of carbonyl (C=O) groups is 2. The molecule has 0 saturated carbocycles. The van der Waals surface area contributed by atoms with E-state index in [1.807, 2.05) is 34.1 Å². The van der Waals surface area contributed by atoms with Crippen molar-refractivity contribution in [1.82, 2.24) is 39.7 Å². The lowest BCUT2D eigenvalue weighted by Crippen LogP contribution is -2.32. The molecule has 2 saturated heterocycles. The summed E-state index contributed by atoms with van der Waals surface area (Å²) in [5.41, 5.74) is 9.97. The SMILES string of the molecule is O=C(Cc1cccnc1)N1CCC[C@@H]1c1nc2ccc(-c3ccc(-c4ccc5nc([C@H]6CCCN6C(=O)Cc6cccnc6)[nH]c5c4)cc3)cc2[nH]1. The predicted molar refractivity (Wildman–Crippen MR) is 200 cm³/mol. The second-order valence-corrected chi connectivity index (χ2v) is 13.9. The summed E-state index contributed by atoms with van der Waals surface area (Å²) in [6, 6.07) is 28.7. The lowest BCUT2D eigenvalue weighted by atomic mass is 10.00. The Morgan fingerprint density at radius 3 is 1.46 bits per heavy atom. The number of hydrogen-bond acceptors (Lipinski definition) is 6. The van der Waals surface area contributed by atoms with Gasteiger partial charge in [-0.25, -0.2) is 9.97 Å². The minimum atomic E-state index is -0.0559. The van der Waals surface area contributed by atoms with Crippen LogP contribution in [0.5, 0.6) is 0 Å². The van der Waals surface area contributed by atoms with Gasteiger partial charge in [-0.15, -0.1) is 0 Å². The molecule has 10 heteroatoms. The number of aromatic nitrogens is 6. The van der Waals surface area contributed by atoms with Crippen molar-refractivity contribution in [2.24, 2.45) is 0 Å². The minimum absolute atomic E-state index is 0.0559. The Hall–Kier alpha value is -6.16. The zero-order valence-electron chi connectivity index (χ0n) is 28.7. The zero-order valence-corrected chi connectivity index (χ0v) is 28.7. The van der Waals surface area contributed by atoms with Crippen LogP contribution < -0.4 is 0 Å². The first kappa shape index (κ1) is 31.8. The van der Waals surface area contributed by atoms with E-state index in [0.717, 1.165) is 106 Å². The van der Waals surface area contributed by atoms with Crippen molar-refractivity contribution >= 4 is 33.9 Å². The van der Waals surface area contributed by atoms with Crippen LogP contribution in [0.1, 0.15) is 60.5 Å². The van der Waals surface area contributed by atoms with Gasteiger partial charge in [0, 0.05) is 37.9 Å². The number of aromatic amines is 2. The minimum Gasteiger partial charge on any atom is -0.340 e. The van der Waals surface area contributed by atoms with Gasteiger partial charge in [-0.1, -0.05) is 48.5 Å². The number of nitrogens with one attached hydrogen (secondary N) is 2. The summed E-state index contributed by atoms with van der Waals surface area (Å²) >= 11 is 0. The largest absolute Gasteiger partial charge is 0.340 e. The first-order chi connectivity index (χ1) is 25.6. The third kappa shape index (κ3) is 6.21. The third-order valence-electron chi connectivity index (χ3n) is 10.5. The third-order valence-corrected chi connectivity index (χ3v) is 10.5. The van der Waals surface area contributed by atoms with Crippen LogP contribution in [0, 0.1) is 0 Å². The summed E-state index contributed by atoms with van der Waals surface area (Å²) in [5.74, 6) is 1.89. The molecular formula is C42H38N8O2. The molecule has 0 unspecified atom stereocenters. The normalized spacial score (nSPS) is 17.4. The van der Waals surface area contributed by atoms with E-state index < -0.39 is 0 Å². The van der Waals surface area contributed by atoms with Crippen molar-refractivity contribution in [3.63, 3.8) is 0 Å². The monoisotopic (exact) mass is 686 g/mol. The fraction of sp³-hybridized carbons (Fsp3) is 0.238. The highest BCUT2D eigenvalue weighted by atomic mass is 16.2. The molecule has 4 aromatic heterocycles. The van der Waals surface area contributed by atoms with Gasteiger partial charge in [0.1, 0.15) is 11.6 Å². The molecule has 2 amide bonds. The standard InChI is InChI=1S/C42H38N8O2/c51-39(21-27-5-1-17-43-25-27)49-19-3-7-37(49)41-45-33-15-13-31(23-35(33)47-41)29-9-11-30(12-10-29)32-14-16-34-36(24-32)48-42(46-34)38-8-4-20-50(38)40(52)22-28-6-2-18-44-26-28/h1-2,5-6,9-18,23-26,37-38H,3-4,7-8,19-22H2,(H,45,47)(H,46,48)/t37-,38-/m1/s1. The van der Waals surface area contributed by atoms with Gasteiger partial charge in [0.05, 0.1) is 47.0 Å². The van der Waals surface area contributed by atoms with Crippen LogP contribution in [0.15, 0.2) is 110 Å². The van der Waals surface area contributed by atoms with E-state index >= 15 is 0 Å². The molecule has 0 bridgehead atoms. The highest BCUT2D eigenvalue weighted by Crippen LogP contribution is 2.35. The molecule has 0 radical (unpaired) electrons. The van der Waals surface area contributed by atoms with E-state index in [1.54, 1.807) is 24.8 Å². The predicted octanol–water partition coefficient (Wildman–Crippen LogP) is 7.38. The van der Waals surface area contributed by atoms with Crippen LogP contribution >= 0.6 is 0 Å². The smallest absolute Gasteiger partial charge is 0.227 e. The van der Waals surface area contributed by atoms with Gasteiger partial charge < -0.3 is 19.8 Å². The maximum Gasteiger partial charge on any atom is 0.227 e. The first-order valence-electron chi connectivity index (χ1n) is 18.0. The molecule has 9 rings (SSSR count). The average Bonchev–Trinajstić information content (AvgIpc) is 4.00. The van der Waals surface area contributed by atoms with Crippen LogP contribution in [0.4, 0.5) is 0 Å². The number of imidazole rings is 2. The van der Waals surface area contributed by atoms with Gasteiger partial charge in [-0.3, -0.25) is 19.6 Å². The maximum absolute atomic E-state index is 13.2.